The molecule has 0 spiro atoms. The van der Waals surface area contributed by atoms with Crippen LogP contribution in [0.5, 0.6) is 0 Å². The van der Waals surface area contributed by atoms with Crippen LogP contribution in [0.2, 0.25) is 0 Å². The first-order valence-electron chi connectivity index (χ1n) is 12.9. The molecule has 210 valence electrons. The highest BCUT2D eigenvalue weighted by atomic mass is 79.9. The number of halogens is 4. The van der Waals surface area contributed by atoms with Crippen LogP contribution in [-0.4, -0.2) is 50.3 Å². The van der Waals surface area contributed by atoms with E-state index in [2.05, 4.69) is 31.2 Å². The molecule has 1 aliphatic heterocycles. The summed E-state index contributed by atoms with van der Waals surface area (Å²) in [5.74, 6) is 0.0664. The molecule has 0 bridgehead atoms. The van der Waals surface area contributed by atoms with E-state index in [1.807, 2.05) is 41.0 Å². The van der Waals surface area contributed by atoms with Gasteiger partial charge in [-0.25, -0.2) is 14.8 Å². The van der Waals surface area contributed by atoms with Gasteiger partial charge in [-0.05, 0) is 57.9 Å². The zero-order chi connectivity index (χ0) is 28.7. The number of aromatic nitrogens is 3. The predicted molar refractivity (Wildman–Crippen MR) is 151 cm³/mol. The smallest absolute Gasteiger partial charge is 0.419 e. The van der Waals surface area contributed by atoms with Gasteiger partial charge in [-0.3, -0.25) is 0 Å². The monoisotopic (exact) mass is 615 g/mol. The number of benzene rings is 2. The molecule has 1 N–H and O–H groups in total. The molecule has 5 rings (SSSR count). The van der Waals surface area contributed by atoms with E-state index < -0.39 is 23.4 Å². The number of piperidine rings is 1. The highest BCUT2D eigenvalue weighted by molar-refractivity contribution is 9.10. The number of anilines is 1. The van der Waals surface area contributed by atoms with E-state index in [9.17, 15) is 18.0 Å². The molecule has 2 aromatic carbocycles. The third kappa shape index (κ3) is 6.09. The Kier molecular flexibility index (Phi) is 7.52. The summed E-state index contributed by atoms with van der Waals surface area (Å²) >= 11 is 3.48. The number of nitrogens with zero attached hydrogens (tertiary/aromatic N) is 4. The van der Waals surface area contributed by atoms with Crippen molar-refractivity contribution in [2.24, 2.45) is 0 Å². The number of hydrogen-bond acceptors (Lipinski definition) is 5. The number of rotatable bonds is 4. The quantitative estimate of drug-likeness (QED) is 0.255. The van der Waals surface area contributed by atoms with Crippen molar-refractivity contribution in [2.75, 3.05) is 18.4 Å². The molecular formula is C29H29BrF3N5O2. The van der Waals surface area contributed by atoms with E-state index in [0.717, 1.165) is 21.9 Å². The van der Waals surface area contributed by atoms with Gasteiger partial charge in [-0.1, -0.05) is 40.2 Å². The second kappa shape index (κ2) is 10.8. The van der Waals surface area contributed by atoms with Gasteiger partial charge in [0.1, 0.15) is 11.2 Å². The molecule has 1 atom stereocenters. The Bertz CT molecular complexity index is 1530. The zero-order valence-electron chi connectivity index (χ0n) is 22.3. The Morgan fingerprint density at radius 3 is 2.58 bits per heavy atom. The van der Waals surface area contributed by atoms with Crippen molar-refractivity contribution in [3.8, 4) is 16.9 Å². The van der Waals surface area contributed by atoms with Crippen LogP contribution in [0.4, 0.5) is 23.9 Å². The lowest BCUT2D eigenvalue weighted by molar-refractivity contribution is -0.137. The van der Waals surface area contributed by atoms with Gasteiger partial charge in [0, 0.05) is 52.6 Å². The third-order valence-corrected chi connectivity index (χ3v) is 7.05. The lowest BCUT2D eigenvalue weighted by Gasteiger charge is -2.34. The molecular weight excluding hydrogens is 587 g/mol. The van der Waals surface area contributed by atoms with Crippen LogP contribution in [0.3, 0.4) is 0 Å². The fourth-order valence-electron chi connectivity index (χ4n) is 4.82. The summed E-state index contributed by atoms with van der Waals surface area (Å²) in [6.07, 6.45) is -1.16. The number of fused-ring (bicyclic) bond motifs is 1. The van der Waals surface area contributed by atoms with E-state index in [0.29, 0.717) is 36.9 Å². The van der Waals surface area contributed by atoms with Crippen molar-refractivity contribution in [1.29, 1.82) is 0 Å². The molecule has 0 unspecified atom stereocenters. The van der Waals surface area contributed by atoms with E-state index in [4.69, 9.17) is 4.74 Å². The maximum atomic E-state index is 14.2. The Balaban J connectivity index is 1.53. The van der Waals surface area contributed by atoms with Crippen molar-refractivity contribution in [3.63, 3.8) is 0 Å². The van der Waals surface area contributed by atoms with Crippen LogP contribution < -0.4 is 5.32 Å². The molecule has 0 aliphatic carbocycles. The first kappa shape index (κ1) is 27.9. The Morgan fingerprint density at radius 2 is 1.88 bits per heavy atom. The minimum absolute atomic E-state index is 0.0664. The summed E-state index contributed by atoms with van der Waals surface area (Å²) in [4.78, 5) is 22.6. The normalized spacial score (nSPS) is 16.3. The molecule has 4 aromatic rings. The largest absolute Gasteiger partial charge is 0.444 e. The summed E-state index contributed by atoms with van der Waals surface area (Å²) in [5, 5.41) is 3.78. The molecule has 11 heteroatoms. The van der Waals surface area contributed by atoms with Gasteiger partial charge in [0.05, 0.1) is 11.2 Å². The minimum Gasteiger partial charge on any atom is -0.444 e. The fourth-order valence-corrected chi connectivity index (χ4v) is 5.17. The number of para-hydroxylation sites is 1. The first-order chi connectivity index (χ1) is 18.9. The van der Waals surface area contributed by atoms with Crippen molar-refractivity contribution >= 4 is 38.9 Å². The SMILES string of the molecule is CC(C)(C)OC(=O)N1CCC[C@H](Nc2ncc(C(F)(F)F)c(-c3cn(-c4ccccc4)c4cc(Br)ccc34)n2)C1. The highest BCUT2D eigenvalue weighted by Gasteiger charge is 2.37. The van der Waals surface area contributed by atoms with Gasteiger partial charge in [-0.15, -0.1) is 0 Å². The van der Waals surface area contributed by atoms with E-state index in [-0.39, 0.29) is 17.7 Å². The summed E-state index contributed by atoms with van der Waals surface area (Å²) in [7, 11) is 0. The van der Waals surface area contributed by atoms with Crippen molar-refractivity contribution in [1.82, 2.24) is 19.4 Å². The number of alkyl halides is 3. The van der Waals surface area contributed by atoms with E-state index in [1.165, 1.54) is 0 Å². The van der Waals surface area contributed by atoms with Crippen LogP contribution in [0.25, 0.3) is 27.8 Å². The van der Waals surface area contributed by atoms with Gasteiger partial charge in [0.15, 0.2) is 0 Å². The second-order valence-electron chi connectivity index (χ2n) is 10.8. The van der Waals surface area contributed by atoms with Gasteiger partial charge >= 0.3 is 12.3 Å². The highest BCUT2D eigenvalue weighted by Crippen LogP contribution is 2.40. The Labute approximate surface area is 238 Å². The van der Waals surface area contributed by atoms with Crippen LogP contribution >= 0.6 is 15.9 Å². The Hall–Kier alpha value is -3.60. The number of amides is 1. The van der Waals surface area contributed by atoms with Crippen LogP contribution in [0, 0.1) is 0 Å². The molecule has 1 aliphatic rings. The number of ether oxygens (including phenoxy) is 1. The van der Waals surface area contributed by atoms with Crippen LogP contribution in [0.15, 0.2) is 65.4 Å². The average Bonchev–Trinajstić information content (AvgIpc) is 3.26. The minimum atomic E-state index is -4.66. The Morgan fingerprint density at radius 1 is 1.12 bits per heavy atom. The molecule has 7 nitrogen and oxygen atoms in total. The van der Waals surface area contributed by atoms with Gasteiger partial charge in [0.25, 0.3) is 0 Å². The molecule has 1 saturated heterocycles. The molecule has 0 radical (unpaired) electrons. The lowest BCUT2D eigenvalue weighted by atomic mass is 10.1. The molecule has 0 saturated carbocycles. The topological polar surface area (TPSA) is 72.3 Å². The molecule has 1 amide bonds. The number of carbonyl (C=O) groups is 1. The van der Waals surface area contributed by atoms with Crippen molar-refractivity contribution < 1.29 is 22.7 Å². The van der Waals surface area contributed by atoms with E-state index in [1.54, 1.807) is 44.0 Å². The number of nitrogens with one attached hydrogen (secondary N) is 1. The number of hydrogen-bond donors (Lipinski definition) is 1. The third-order valence-electron chi connectivity index (χ3n) is 6.56. The van der Waals surface area contributed by atoms with Gasteiger partial charge in [0.2, 0.25) is 5.95 Å². The second-order valence-corrected chi connectivity index (χ2v) is 11.7. The maximum absolute atomic E-state index is 14.2. The summed E-state index contributed by atoms with van der Waals surface area (Å²) < 4.78 is 50.8. The van der Waals surface area contributed by atoms with Crippen molar-refractivity contribution in [3.05, 3.63) is 71.0 Å². The average molecular weight is 616 g/mol. The van der Waals surface area contributed by atoms with Crippen molar-refractivity contribution in [2.45, 2.75) is 51.4 Å². The molecule has 40 heavy (non-hydrogen) atoms. The maximum Gasteiger partial charge on any atom is 0.419 e. The summed E-state index contributed by atoms with van der Waals surface area (Å²) in [6.45, 7) is 6.28. The number of carbonyl (C=O) groups excluding carboxylic acids is 1. The zero-order valence-corrected chi connectivity index (χ0v) is 23.9. The summed E-state index contributed by atoms with van der Waals surface area (Å²) in [6, 6.07) is 14.6. The van der Waals surface area contributed by atoms with E-state index >= 15 is 0 Å². The predicted octanol–water partition coefficient (Wildman–Crippen LogP) is 7.68. The fraction of sp³-hybridized carbons (Fsp3) is 0.345. The lowest BCUT2D eigenvalue weighted by Crippen LogP contribution is -2.47. The van der Waals surface area contributed by atoms with Crippen LogP contribution in [0.1, 0.15) is 39.2 Å². The molecule has 2 aromatic heterocycles. The summed E-state index contributed by atoms with van der Waals surface area (Å²) in [5.41, 5.74) is 0.110. The molecule has 3 heterocycles. The first-order valence-corrected chi connectivity index (χ1v) is 13.7. The van der Waals surface area contributed by atoms with Gasteiger partial charge < -0.3 is 19.5 Å². The standard InChI is InChI=1S/C29H29BrF3N5O2/c1-28(2,3)40-27(39)37-13-7-8-19(16-37)35-26-34-15-23(29(31,32)33)25(36-26)22-17-38(20-9-5-4-6-10-20)24-14-18(30)11-12-21(22)24/h4-6,9-12,14-15,17,19H,7-8,13,16H2,1-3H3,(H,34,35,36)/t19-/m0/s1. The van der Waals surface area contributed by atoms with Gasteiger partial charge in [-0.2, -0.15) is 13.2 Å². The van der Waals surface area contributed by atoms with Crippen LogP contribution in [-0.2, 0) is 10.9 Å². The number of likely N-dealkylation sites (tertiary alicyclic amines) is 1. The molecule has 1 fully saturated rings.